The Morgan fingerprint density at radius 2 is 1.73 bits per heavy atom. The number of benzene rings is 1. The van der Waals surface area contributed by atoms with Crippen molar-refractivity contribution < 1.29 is 19.4 Å². The zero-order valence-electron chi connectivity index (χ0n) is 13.7. The second-order valence-electron chi connectivity index (χ2n) is 5.44. The molecule has 1 unspecified atom stereocenters. The van der Waals surface area contributed by atoms with Crippen molar-refractivity contribution in [1.82, 2.24) is 0 Å². The number of nitrogens with zero attached hydrogens (tertiary/aromatic N) is 1. The molecule has 1 aromatic rings. The molecule has 0 aliphatic carbocycles. The number of amides is 1. The van der Waals surface area contributed by atoms with Crippen LogP contribution in [0.4, 0.5) is 5.69 Å². The van der Waals surface area contributed by atoms with Crippen LogP contribution in [0.3, 0.4) is 0 Å². The second kappa shape index (κ2) is 8.41. The molecule has 0 spiro atoms. The van der Waals surface area contributed by atoms with Crippen molar-refractivity contribution in [2.24, 2.45) is 11.8 Å². The topological polar surface area (TPSA) is 66.8 Å². The van der Waals surface area contributed by atoms with Gasteiger partial charge in [-0.2, -0.15) is 0 Å². The summed E-state index contributed by atoms with van der Waals surface area (Å²) in [6.45, 7) is 5.81. The predicted molar refractivity (Wildman–Crippen MR) is 86.2 cm³/mol. The molecule has 22 heavy (non-hydrogen) atoms. The van der Waals surface area contributed by atoms with Crippen LogP contribution in [0.5, 0.6) is 5.75 Å². The molecule has 1 rings (SSSR count). The number of carbonyl (C=O) groups excluding carboxylic acids is 1. The van der Waals surface area contributed by atoms with E-state index in [9.17, 15) is 9.59 Å². The van der Waals surface area contributed by atoms with Gasteiger partial charge in [-0.25, -0.2) is 4.79 Å². The normalized spacial score (nSPS) is 12.0. The predicted octanol–water partition coefficient (Wildman–Crippen LogP) is 3.19. The van der Waals surface area contributed by atoms with Crippen LogP contribution in [0.1, 0.15) is 33.6 Å². The standard InChI is InChI=1S/C17H25NO4/c1-5-13(6-2)12(3)17(21)18(4)14-7-9-15(10-8-14)22-11-16(19)20/h7-10,12-13H,5-6,11H2,1-4H3,(H,19,20). The molecule has 1 atom stereocenters. The van der Waals surface area contributed by atoms with E-state index in [-0.39, 0.29) is 18.4 Å². The maximum absolute atomic E-state index is 12.5. The van der Waals surface area contributed by atoms with E-state index in [1.165, 1.54) is 0 Å². The van der Waals surface area contributed by atoms with Crippen LogP contribution >= 0.6 is 0 Å². The Morgan fingerprint density at radius 3 is 2.18 bits per heavy atom. The fourth-order valence-corrected chi connectivity index (χ4v) is 2.54. The van der Waals surface area contributed by atoms with Gasteiger partial charge in [0.05, 0.1) is 0 Å². The van der Waals surface area contributed by atoms with E-state index in [1.54, 1.807) is 36.2 Å². The molecule has 0 saturated heterocycles. The van der Waals surface area contributed by atoms with Crippen LogP contribution in [0, 0.1) is 11.8 Å². The van der Waals surface area contributed by atoms with E-state index in [4.69, 9.17) is 9.84 Å². The minimum Gasteiger partial charge on any atom is -0.482 e. The van der Waals surface area contributed by atoms with E-state index in [1.807, 2.05) is 6.92 Å². The number of hydrogen-bond donors (Lipinski definition) is 1. The van der Waals surface area contributed by atoms with Crippen molar-refractivity contribution in [1.29, 1.82) is 0 Å². The molecular formula is C17H25NO4. The van der Waals surface area contributed by atoms with Crippen LogP contribution in [-0.2, 0) is 9.59 Å². The molecule has 0 aliphatic rings. The summed E-state index contributed by atoms with van der Waals surface area (Å²) in [5.41, 5.74) is 0.769. The summed E-state index contributed by atoms with van der Waals surface area (Å²) >= 11 is 0. The van der Waals surface area contributed by atoms with Gasteiger partial charge in [-0.3, -0.25) is 4.79 Å². The number of carbonyl (C=O) groups is 2. The molecule has 1 N–H and O–H groups in total. The van der Waals surface area contributed by atoms with Gasteiger partial charge in [0.1, 0.15) is 5.75 Å². The molecule has 0 bridgehead atoms. The third-order valence-corrected chi connectivity index (χ3v) is 4.06. The van der Waals surface area contributed by atoms with Crippen molar-refractivity contribution in [3.05, 3.63) is 24.3 Å². The molecule has 1 amide bonds. The van der Waals surface area contributed by atoms with Crippen molar-refractivity contribution in [2.75, 3.05) is 18.6 Å². The molecule has 5 heteroatoms. The number of anilines is 1. The van der Waals surface area contributed by atoms with Gasteiger partial charge >= 0.3 is 5.97 Å². The molecule has 0 saturated carbocycles. The van der Waals surface area contributed by atoms with Crippen LogP contribution in [0.25, 0.3) is 0 Å². The van der Waals surface area contributed by atoms with E-state index in [0.29, 0.717) is 11.7 Å². The Labute approximate surface area is 131 Å². The van der Waals surface area contributed by atoms with Gasteiger partial charge in [0.25, 0.3) is 0 Å². The van der Waals surface area contributed by atoms with E-state index < -0.39 is 5.97 Å². The average Bonchev–Trinajstić information content (AvgIpc) is 2.53. The highest BCUT2D eigenvalue weighted by Crippen LogP contribution is 2.25. The first kappa shape index (κ1) is 18.0. The maximum Gasteiger partial charge on any atom is 0.341 e. The van der Waals surface area contributed by atoms with Gasteiger partial charge in [0, 0.05) is 18.7 Å². The van der Waals surface area contributed by atoms with Crippen LogP contribution in [0.15, 0.2) is 24.3 Å². The fourth-order valence-electron chi connectivity index (χ4n) is 2.54. The van der Waals surface area contributed by atoms with Gasteiger partial charge in [-0.15, -0.1) is 0 Å². The second-order valence-corrected chi connectivity index (χ2v) is 5.44. The molecule has 0 aromatic heterocycles. The first-order valence-corrected chi connectivity index (χ1v) is 7.62. The Morgan fingerprint density at radius 1 is 1.18 bits per heavy atom. The van der Waals surface area contributed by atoms with E-state index in [2.05, 4.69) is 13.8 Å². The minimum absolute atomic E-state index is 0.0251. The van der Waals surface area contributed by atoms with Crippen LogP contribution in [0.2, 0.25) is 0 Å². The molecule has 0 aliphatic heterocycles. The fraction of sp³-hybridized carbons (Fsp3) is 0.529. The number of carboxylic acids is 1. The third kappa shape index (κ3) is 4.76. The zero-order chi connectivity index (χ0) is 16.7. The average molecular weight is 307 g/mol. The van der Waals surface area contributed by atoms with Gasteiger partial charge in [0.2, 0.25) is 5.91 Å². The lowest BCUT2D eigenvalue weighted by Crippen LogP contribution is -2.35. The van der Waals surface area contributed by atoms with E-state index >= 15 is 0 Å². The molecule has 1 aromatic carbocycles. The van der Waals surface area contributed by atoms with Gasteiger partial charge in [-0.1, -0.05) is 33.6 Å². The number of rotatable bonds is 8. The third-order valence-electron chi connectivity index (χ3n) is 4.06. The Kier molecular flexibility index (Phi) is 6.89. The largest absolute Gasteiger partial charge is 0.482 e. The highest BCUT2D eigenvalue weighted by Gasteiger charge is 2.24. The highest BCUT2D eigenvalue weighted by atomic mass is 16.5. The maximum atomic E-state index is 12.5. The summed E-state index contributed by atoms with van der Waals surface area (Å²) in [4.78, 5) is 24.6. The van der Waals surface area contributed by atoms with Crippen molar-refractivity contribution >= 4 is 17.6 Å². The van der Waals surface area contributed by atoms with Crippen LogP contribution < -0.4 is 9.64 Å². The molecule has 5 nitrogen and oxygen atoms in total. The lowest BCUT2D eigenvalue weighted by molar-refractivity contribution is -0.139. The van der Waals surface area contributed by atoms with Crippen molar-refractivity contribution in [3.8, 4) is 5.75 Å². The van der Waals surface area contributed by atoms with Crippen molar-refractivity contribution in [2.45, 2.75) is 33.6 Å². The summed E-state index contributed by atoms with van der Waals surface area (Å²) in [6, 6.07) is 6.86. The summed E-state index contributed by atoms with van der Waals surface area (Å²) in [6.07, 6.45) is 1.97. The lowest BCUT2D eigenvalue weighted by Gasteiger charge is -2.26. The summed E-state index contributed by atoms with van der Waals surface area (Å²) in [7, 11) is 1.76. The van der Waals surface area contributed by atoms with Gasteiger partial charge < -0.3 is 14.7 Å². The van der Waals surface area contributed by atoms with Gasteiger partial charge in [0.15, 0.2) is 6.61 Å². The number of aliphatic carboxylic acids is 1. The van der Waals surface area contributed by atoms with Crippen molar-refractivity contribution in [3.63, 3.8) is 0 Å². The SMILES string of the molecule is CCC(CC)C(C)C(=O)N(C)c1ccc(OCC(=O)O)cc1. The molecular weight excluding hydrogens is 282 g/mol. The smallest absolute Gasteiger partial charge is 0.341 e. The first-order chi connectivity index (χ1) is 10.4. The van der Waals surface area contributed by atoms with Crippen LogP contribution in [-0.4, -0.2) is 30.6 Å². The summed E-state index contributed by atoms with van der Waals surface area (Å²) in [5, 5.41) is 8.57. The van der Waals surface area contributed by atoms with E-state index in [0.717, 1.165) is 18.5 Å². The number of carboxylic acid groups (broad SMARTS) is 1. The number of ether oxygens (including phenoxy) is 1. The Hall–Kier alpha value is -2.04. The molecule has 122 valence electrons. The lowest BCUT2D eigenvalue weighted by atomic mass is 9.88. The number of hydrogen-bond acceptors (Lipinski definition) is 3. The molecule has 0 fully saturated rings. The summed E-state index contributed by atoms with van der Waals surface area (Å²) in [5.74, 6) is -0.0978. The monoisotopic (exact) mass is 307 g/mol. The van der Waals surface area contributed by atoms with Gasteiger partial charge in [-0.05, 0) is 30.2 Å². The highest BCUT2D eigenvalue weighted by molar-refractivity contribution is 5.94. The summed E-state index contributed by atoms with van der Waals surface area (Å²) < 4.78 is 5.08. The molecule has 0 radical (unpaired) electrons. The first-order valence-electron chi connectivity index (χ1n) is 7.62. The Bertz CT molecular complexity index is 494. The molecule has 0 heterocycles. The quantitative estimate of drug-likeness (QED) is 0.801. The zero-order valence-corrected chi connectivity index (χ0v) is 13.7. The minimum atomic E-state index is -1.02. The Balaban J connectivity index is 2.74.